The van der Waals surface area contributed by atoms with Crippen LogP contribution in [0.1, 0.15) is 12.8 Å². The van der Waals surface area contributed by atoms with Crippen LogP contribution >= 0.6 is 11.6 Å². The van der Waals surface area contributed by atoms with Crippen molar-refractivity contribution in [1.29, 1.82) is 0 Å². The lowest BCUT2D eigenvalue weighted by atomic mass is 9.84. The third-order valence-electron chi connectivity index (χ3n) is 3.70. The number of hydrogen-bond donors (Lipinski definition) is 2. The normalized spacial score (nSPS) is 31.5. The first-order valence-corrected chi connectivity index (χ1v) is 6.37. The summed E-state index contributed by atoms with van der Waals surface area (Å²) in [5.74, 6) is 1.71. The fourth-order valence-corrected chi connectivity index (χ4v) is 3.02. The number of piperidine rings is 3. The highest BCUT2D eigenvalue weighted by Gasteiger charge is 2.34. The molecule has 0 amide bonds. The Hall–Kier alpha value is -1.07. The van der Waals surface area contributed by atoms with Crippen LogP contribution in [0.2, 0.25) is 5.15 Å². The van der Waals surface area contributed by atoms with Crippen LogP contribution in [-0.2, 0) is 0 Å². The summed E-state index contributed by atoms with van der Waals surface area (Å²) in [5, 5.41) is 3.83. The topological polar surface area (TPSA) is 67.1 Å². The SMILES string of the molecule is Nc1nc(Cl)cc(NC2CN3CCC2CC3)n1. The molecule has 3 aliphatic heterocycles. The number of nitrogen functional groups attached to an aromatic ring is 1. The molecule has 3 fully saturated rings. The van der Waals surface area contributed by atoms with Gasteiger partial charge >= 0.3 is 0 Å². The molecule has 0 radical (unpaired) electrons. The van der Waals surface area contributed by atoms with E-state index in [1.165, 1.54) is 25.9 Å². The molecule has 2 bridgehead atoms. The maximum atomic E-state index is 5.87. The van der Waals surface area contributed by atoms with E-state index in [4.69, 9.17) is 17.3 Å². The van der Waals surface area contributed by atoms with Crippen LogP contribution in [-0.4, -0.2) is 40.5 Å². The lowest BCUT2D eigenvalue weighted by Crippen LogP contribution is -2.53. The standard InChI is InChI=1S/C11H16ClN5/c12-9-5-10(16-11(13)15-9)14-8-6-17-3-1-7(8)2-4-17/h5,7-8H,1-4,6H2,(H3,13,14,15,16). The summed E-state index contributed by atoms with van der Waals surface area (Å²) >= 11 is 5.87. The minimum absolute atomic E-state index is 0.223. The lowest BCUT2D eigenvalue weighted by molar-refractivity contribution is 0.0974. The molecule has 1 atom stereocenters. The van der Waals surface area contributed by atoms with Crippen molar-refractivity contribution in [2.24, 2.45) is 5.92 Å². The summed E-state index contributed by atoms with van der Waals surface area (Å²) < 4.78 is 0. The molecule has 6 heteroatoms. The van der Waals surface area contributed by atoms with Crippen molar-refractivity contribution < 1.29 is 0 Å². The second-order valence-electron chi connectivity index (χ2n) is 4.82. The average molecular weight is 254 g/mol. The van der Waals surface area contributed by atoms with Gasteiger partial charge in [-0.05, 0) is 31.8 Å². The average Bonchev–Trinajstić information content (AvgIpc) is 2.29. The molecule has 1 aromatic heterocycles. The van der Waals surface area contributed by atoms with Gasteiger partial charge in [0.05, 0.1) is 0 Å². The first kappa shape index (κ1) is 11.0. The highest BCUT2D eigenvalue weighted by atomic mass is 35.5. The quantitative estimate of drug-likeness (QED) is 0.776. The highest BCUT2D eigenvalue weighted by Crippen LogP contribution is 2.29. The number of nitrogens with one attached hydrogen (secondary N) is 1. The van der Waals surface area contributed by atoms with Gasteiger partial charge in [0.2, 0.25) is 5.95 Å². The maximum Gasteiger partial charge on any atom is 0.223 e. The van der Waals surface area contributed by atoms with E-state index in [0.29, 0.717) is 11.2 Å². The molecule has 4 heterocycles. The van der Waals surface area contributed by atoms with E-state index in [-0.39, 0.29) is 5.95 Å². The maximum absolute atomic E-state index is 5.87. The van der Waals surface area contributed by atoms with E-state index in [0.717, 1.165) is 18.3 Å². The van der Waals surface area contributed by atoms with E-state index < -0.39 is 0 Å². The number of halogens is 1. The van der Waals surface area contributed by atoms with Crippen LogP contribution in [0.5, 0.6) is 0 Å². The Labute approximate surface area is 105 Å². The van der Waals surface area contributed by atoms with E-state index in [2.05, 4.69) is 20.2 Å². The Balaban J connectivity index is 1.74. The van der Waals surface area contributed by atoms with Crippen molar-refractivity contribution in [2.75, 3.05) is 30.7 Å². The molecule has 0 aromatic carbocycles. The summed E-state index contributed by atoms with van der Waals surface area (Å²) in [5.41, 5.74) is 5.58. The first-order valence-electron chi connectivity index (χ1n) is 5.99. The number of aromatic nitrogens is 2. The van der Waals surface area contributed by atoms with Crippen molar-refractivity contribution in [2.45, 2.75) is 18.9 Å². The zero-order valence-corrected chi connectivity index (χ0v) is 10.3. The first-order chi connectivity index (χ1) is 8.20. The van der Waals surface area contributed by atoms with E-state index in [9.17, 15) is 0 Å². The van der Waals surface area contributed by atoms with E-state index in [1.807, 2.05) is 0 Å². The molecule has 92 valence electrons. The predicted molar refractivity (Wildman–Crippen MR) is 68.0 cm³/mol. The number of rotatable bonds is 2. The van der Waals surface area contributed by atoms with Crippen LogP contribution in [0.4, 0.5) is 11.8 Å². The molecule has 0 spiro atoms. The van der Waals surface area contributed by atoms with Gasteiger partial charge in [-0.15, -0.1) is 0 Å². The molecule has 1 unspecified atom stereocenters. The largest absolute Gasteiger partial charge is 0.368 e. The van der Waals surface area contributed by atoms with Crippen LogP contribution in [0, 0.1) is 5.92 Å². The summed E-state index contributed by atoms with van der Waals surface area (Å²) in [6.07, 6.45) is 2.54. The third kappa shape index (κ3) is 2.30. The summed E-state index contributed by atoms with van der Waals surface area (Å²) in [4.78, 5) is 10.5. The predicted octanol–water partition coefficient (Wildman–Crippen LogP) is 1.22. The zero-order valence-electron chi connectivity index (χ0n) is 9.56. The summed E-state index contributed by atoms with van der Waals surface area (Å²) in [7, 11) is 0. The van der Waals surface area contributed by atoms with Crippen LogP contribution < -0.4 is 11.1 Å². The Morgan fingerprint density at radius 3 is 2.71 bits per heavy atom. The number of fused-ring (bicyclic) bond motifs is 3. The Morgan fingerprint density at radius 2 is 2.12 bits per heavy atom. The van der Waals surface area contributed by atoms with E-state index in [1.54, 1.807) is 6.07 Å². The molecule has 5 nitrogen and oxygen atoms in total. The molecule has 3 saturated heterocycles. The minimum atomic E-state index is 0.223. The van der Waals surface area contributed by atoms with Gasteiger partial charge in [-0.3, -0.25) is 0 Å². The van der Waals surface area contributed by atoms with Crippen molar-refractivity contribution in [1.82, 2.24) is 14.9 Å². The summed E-state index contributed by atoms with van der Waals surface area (Å²) in [6, 6.07) is 2.19. The number of nitrogens with zero attached hydrogens (tertiary/aromatic N) is 3. The molecule has 3 aliphatic rings. The third-order valence-corrected chi connectivity index (χ3v) is 3.90. The smallest absolute Gasteiger partial charge is 0.223 e. The number of nitrogens with two attached hydrogens (primary N) is 1. The molecular weight excluding hydrogens is 238 g/mol. The van der Waals surface area contributed by atoms with Gasteiger partial charge in [-0.1, -0.05) is 11.6 Å². The number of hydrogen-bond acceptors (Lipinski definition) is 5. The second kappa shape index (κ2) is 4.31. The van der Waals surface area contributed by atoms with Crippen molar-refractivity contribution in [3.63, 3.8) is 0 Å². The molecule has 0 saturated carbocycles. The molecule has 1 aromatic rings. The fraction of sp³-hybridized carbons (Fsp3) is 0.636. The highest BCUT2D eigenvalue weighted by molar-refractivity contribution is 6.29. The van der Waals surface area contributed by atoms with Crippen LogP contribution in [0.3, 0.4) is 0 Å². The molecule has 4 rings (SSSR count). The molecule has 3 N–H and O–H groups in total. The van der Waals surface area contributed by atoms with Gasteiger partial charge in [0.15, 0.2) is 0 Å². The van der Waals surface area contributed by atoms with Crippen LogP contribution in [0.15, 0.2) is 6.07 Å². The monoisotopic (exact) mass is 253 g/mol. The van der Waals surface area contributed by atoms with Crippen molar-refractivity contribution in [3.05, 3.63) is 11.2 Å². The second-order valence-corrected chi connectivity index (χ2v) is 5.21. The fourth-order valence-electron chi connectivity index (χ4n) is 2.83. The Bertz CT molecular complexity index is 396. The Kier molecular flexibility index (Phi) is 2.80. The zero-order chi connectivity index (χ0) is 11.8. The molecular formula is C11H16ClN5. The van der Waals surface area contributed by atoms with Gasteiger partial charge in [-0.2, -0.15) is 4.98 Å². The summed E-state index contributed by atoms with van der Waals surface area (Å²) in [6.45, 7) is 3.55. The van der Waals surface area contributed by atoms with Gasteiger partial charge < -0.3 is 16.0 Å². The molecule has 0 aliphatic carbocycles. The minimum Gasteiger partial charge on any atom is -0.368 e. The van der Waals surface area contributed by atoms with Gasteiger partial charge in [0, 0.05) is 18.7 Å². The van der Waals surface area contributed by atoms with E-state index >= 15 is 0 Å². The van der Waals surface area contributed by atoms with Crippen molar-refractivity contribution >= 4 is 23.4 Å². The van der Waals surface area contributed by atoms with Gasteiger partial charge in [0.1, 0.15) is 11.0 Å². The molecule has 17 heavy (non-hydrogen) atoms. The Morgan fingerprint density at radius 1 is 1.35 bits per heavy atom. The lowest BCUT2D eigenvalue weighted by Gasteiger charge is -2.45. The van der Waals surface area contributed by atoms with Gasteiger partial charge in [0.25, 0.3) is 0 Å². The van der Waals surface area contributed by atoms with Crippen LogP contribution in [0.25, 0.3) is 0 Å². The van der Waals surface area contributed by atoms with Crippen molar-refractivity contribution in [3.8, 4) is 0 Å². The van der Waals surface area contributed by atoms with Gasteiger partial charge in [-0.25, -0.2) is 4.98 Å². The number of anilines is 2.